The molecule has 1 atom stereocenters. The molecule has 0 saturated heterocycles. The minimum atomic E-state index is -0.0333. The third-order valence-corrected chi connectivity index (χ3v) is 2.68. The maximum absolute atomic E-state index is 4.23. The Balaban J connectivity index is 2.24. The summed E-state index contributed by atoms with van der Waals surface area (Å²) in [5.74, 6) is 0.795. The topological polar surface area (TPSA) is 84.3 Å². The summed E-state index contributed by atoms with van der Waals surface area (Å²) in [5, 5.41) is 18.4. The van der Waals surface area contributed by atoms with E-state index in [1.54, 1.807) is 6.20 Å². The molecular formula is C11H19N7. The van der Waals surface area contributed by atoms with Crippen molar-refractivity contribution in [1.29, 1.82) is 0 Å². The number of hydrogen-bond acceptors (Lipinski definition) is 5. The molecule has 7 nitrogen and oxygen atoms in total. The summed E-state index contributed by atoms with van der Waals surface area (Å²) >= 11 is 0. The van der Waals surface area contributed by atoms with Crippen molar-refractivity contribution < 1.29 is 0 Å². The SMILES string of the molecule is CCCNC(c1ncn[nH]1)c1cnnn1CCC. The van der Waals surface area contributed by atoms with E-state index in [0.29, 0.717) is 0 Å². The Bertz CT molecular complexity index is 448. The van der Waals surface area contributed by atoms with Crippen molar-refractivity contribution in [3.05, 3.63) is 24.0 Å². The molecule has 0 aliphatic heterocycles. The molecule has 1 unspecified atom stereocenters. The molecule has 7 heteroatoms. The molecule has 0 aromatic carbocycles. The van der Waals surface area contributed by atoms with Crippen molar-refractivity contribution in [3.63, 3.8) is 0 Å². The zero-order chi connectivity index (χ0) is 12.8. The molecule has 0 spiro atoms. The van der Waals surface area contributed by atoms with E-state index in [9.17, 15) is 0 Å². The van der Waals surface area contributed by atoms with Crippen molar-refractivity contribution in [3.8, 4) is 0 Å². The Morgan fingerprint density at radius 3 is 2.94 bits per heavy atom. The summed E-state index contributed by atoms with van der Waals surface area (Å²) in [6.45, 7) is 6.01. The lowest BCUT2D eigenvalue weighted by Crippen LogP contribution is -2.27. The lowest BCUT2D eigenvalue weighted by Gasteiger charge is -2.16. The highest BCUT2D eigenvalue weighted by atomic mass is 15.4. The highest BCUT2D eigenvalue weighted by Gasteiger charge is 2.20. The Labute approximate surface area is 106 Å². The quantitative estimate of drug-likeness (QED) is 0.761. The van der Waals surface area contributed by atoms with Gasteiger partial charge in [-0.25, -0.2) is 9.67 Å². The normalized spacial score (nSPS) is 12.8. The van der Waals surface area contributed by atoms with Crippen LogP contribution in [-0.4, -0.2) is 36.7 Å². The van der Waals surface area contributed by atoms with Crippen LogP contribution in [0.1, 0.15) is 44.2 Å². The second-order valence-corrected chi connectivity index (χ2v) is 4.14. The molecule has 0 radical (unpaired) electrons. The van der Waals surface area contributed by atoms with Crippen LogP contribution in [0, 0.1) is 0 Å². The van der Waals surface area contributed by atoms with Gasteiger partial charge in [0.15, 0.2) is 0 Å². The first-order valence-corrected chi connectivity index (χ1v) is 6.33. The smallest absolute Gasteiger partial charge is 0.147 e. The van der Waals surface area contributed by atoms with Crippen LogP contribution in [0.3, 0.4) is 0 Å². The fourth-order valence-corrected chi connectivity index (χ4v) is 1.86. The van der Waals surface area contributed by atoms with E-state index in [-0.39, 0.29) is 6.04 Å². The Hall–Kier alpha value is -1.76. The highest BCUT2D eigenvalue weighted by molar-refractivity contribution is 5.13. The molecule has 0 aliphatic rings. The predicted molar refractivity (Wildman–Crippen MR) is 66.8 cm³/mol. The van der Waals surface area contributed by atoms with Crippen LogP contribution in [0.5, 0.6) is 0 Å². The van der Waals surface area contributed by atoms with Gasteiger partial charge in [0.25, 0.3) is 0 Å². The third kappa shape index (κ3) is 2.73. The number of aryl methyl sites for hydroxylation is 1. The molecule has 0 bridgehead atoms. The first-order chi connectivity index (χ1) is 8.86. The van der Waals surface area contributed by atoms with Gasteiger partial charge in [-0.1, -0.05) is 19.1 Å². The van der Waals surface area contributed by atoms with E-state index in [1.807, 2.05) is 4.68 Å². The molecule has 2 aromatic rings. The number of H-pyrrole nitrogens is 1. The van der Waals surface area contributed by atoms with Gasteiger partial charge in [0.1, 0.15) is 18.2 Å². The predicted octanol–water partition coefficient (Wildman–Crippen LogP) is 0.895. The first-order valence-electron chi connectivity index (χ1n) is 6.33. The van der Waals surface area contributed by atoms with Crippen molar-refractivity contribution >= 4 is 0 Å². The number of aromatic nitrogens is 6. The number of hydrogen-bond donors (Lipinski definition) is 2. The maximum Gasteiger partial charge on any atom is 0.147 e. The van der Waals surface area contributed by atoms with Crippen LogP contribution in [0.4, 0.5) is 0 Å². The lowest BCUT2D eigenvalue weighted by atomic mass is 10.2. The molecule has 0 saturated carbocycles. The monoisotopic (exact) mass is 249 g/mol. The summed E-state index contributed by atoms with van der Waals surface area (Å²) in [4.78, 5) is 4.23. The summed E-state index contributed by atoms with van der Waals surface area (Å²) < 4.78 is 1.91. The lowest BCUT2D eigenvalue weighted by molar-refractivity contribution is 0.493. The van der Waals surface area contributed by atoms with E-state index in [4.69, 9.17) is 0 Å². The van der Waals surface area contributed by atoms with Gasteiger partial charge in [0, 0.05) is 6.54 Å². The van der Waals surface area contributed by atoms with Gasteiger partial charge in [-0.3, -0.25) is 5.10 Å². The highest BCUT2D eigenvalue weighted by Crippen LogP contribution is 2.17. The van der Waals surface area contributed by atoms with Gasteiger partial charge in [-0.05, 0) is 19.4 Å². The fourth-order valence-electron chi connectivity index (χ4n) is 1.86. The molecule has 2 rings (SSSR count). The maximum atomic E-state index is 4.23. The van der Waals surface area contributed by atoms with E-state index in [2.05, 4.69) is 44.7 Å². The molecule has 0 aliphatic carbocycles. The molecule has 2 N–H and O–H groups in total. The average Bonchev–Trinajstić information content (AvgIpc) is 3.02. The van der Waals surface area contributed by atoms with Gasteiger partial charge >= 0.3 is 0 Å². The molecule has 2 heterocycles. The van der Waals surface area contributed by atoms with Crippen LogP contribution >= 0.6 is 0 Å². The molecular weight excluding hydrogens is 230 g/mol. The fraction of sp³-hybridized carbons (Fsp3) is 0.636. The van der Waals surface area contributed by atoms with Crippen molar-refractivity contribution in [2.45, 2.75) is 39.3 Å². The van der Waals surface area contributed by atoms with Crippen LogP contribution < -0.4 is 5.32 Å². The molecule has 0 fully saturated rings. The average molecular weight is 249 g/mol. The summed E-state index contributed by atoms with van der Waals surface area (Å²) in [7, 11) is 0. The van der Waals surface area contributed by atoms with E-state index in [1.165, 1.54) is 6.33 Å². The van der Waals surface area contributed by atoms with Gasteiger partial charge in [0.05, 0.1) is 11.9 Å². The second-order valence-electron chi connectivity index (χ2n) is 4.14. The standard InChI is InChI=1S/C11H19N7/c1-3-5-12-10(11-13-8-15-16-11)9-7-14-17-18(9)6-4-2/h7-8,10,12H,3-6H2,1-2H3,(H,13,15,16). The summed E-state index contributed by atoms with van der Waals surface area (Å²) in [5.41, 5.74) is 1.02. The Kier molecular flexibility index (Phi) is 4.40. The third-order valence-electron chi connectivity index (χ3n) is 2.68. The van der Waals surface area contributed by atoms with Crippen molar-refractivity contribution in [1.82, 2.24) is 35.5 Å². The van der Waals surface area contributed by atoms with E-state index < -0.39 is 0 Å². The minimum absolute atomic E-state index is 0.0333. The summed E-state index contributed by atoms with van der Waals surface area (Å²) in [6, 6.07) is -0.0333. The molecule has 98 valence electrons. The number of nitrogens with one attached hydrogen (secondary N) is 2. The van der Waals surface area contributed by atoms with Crippen LogP contribution in [0.25, 0.3) is 0 Å². The first kappa shape index (κ1) is 12.7. The largest absolute Gasteiger partial charge is 0.302 e. The van der Waals surface area contributed by atoms with Crippen LogP contribution in [0.15, 0.2) is 12.5 Å². The van der Waals surface area contributed by atoms with Gasteiger partial charge in [-0.2, -0.15) is 5.10 Å². The van der Waals surface area contributed by atoms with Gasteiger partial charge in [-0.15, -0.1) is 5.10 Å². The van der Waals surface area contributed by atoms with Crippen molar-refractivity contribution in [2.75, 3.05) is 6.54 Å². The Morgan fingerprint density at radius 1 is 1.39 bits per heavy atom. The van der Waals surface area contributed by atoms with Gasteiger partial charge in [0.2, 0.25) is 0 Å². The zero-order valence-electron chi connectivity index (χ0n) is 10.8. The van der Waals surface area contributed by atoms with Crippen LogP contribution in [0.2, 0.25) is 0 Å². The minimum Gasteiger partial charge on any atom is -0.302 e. The zero-order valence-corrected chi connectivity index (χ0v) is 10.8. The van der Waals surface area contributed by atoms with Crippen LogP contribution in [-0.2, 0) is 6.54 Å². The number of aromatic amines is 1. The summed E-state index contributed by atoms with van der Waals surface area (Å²) in [6.07, 6.45) is 5.38. The van der Waals surface area contributed by atoms with Gasteiger partial charge < -0.3 is 5.32 Å². The molecule has 0 amide bonds. The molecule has 2 aromatic heterocycles. The number of nitrogens with zero attached hydrogens (tertiary/aromatic N) is 5. The van der Waals surface area contributed by atoms with E-state index >= 15 is 0 Å². The van der Waals surface area contributed by atoms with E-state index in [0.717, 1.165) is 37.4 Å². The molecule has 18 heavy (non-hydrogen) atoms. The second kappa shape index (κ2) is 6.25. The Morgan fingerprint density at radius 2 is 2.28 bits per heavy atom. The number of rotatable bonds is 7. The van der Waals surface area contributed by atoms with Crippen molar-refractivity contribution in [2.24, 2.45) is 0 Å².